The number of nitrogens with zero attached hydrogens (tertiary/aromatic N) is 3. The van der Waals surface area contributed by atoms with Crippen molar-refractivity contribution in [2.75, 3.05) is 52.9 Å². The molecular weight excluding hydrogens is 402 g/mol. The fourth-order valence-electron chi connectivity index (χ4n) is 4.76. The van der Waals surface area contributed by atoms with Gasteiger partial charge in [0.05, 0.1) is 17.4 Å². The molecule has 3 saturated heterocycles. The van der Waals surface area contributed by atoms with Crippen molar-refractivity contribution in [3.8, 4) is 0 Å². The van der Waals surface area contributed by atoms with E-state index in [1.54, 1.807) is 9.80 Å². The topological polar surface area (TPSA) is 111 Å². The van der Waals surface area contributed by atoms with Crippen LogP contribution >= 0.6 is 0 Å². The molecule has 0 aromatic rings. The molecule has 0 aliphatic carbocycles. The van der Waals surface area contributed by atoms with Gasteiger partial charge in [0, 0.05) is 33.1 Å². The lowest BCUT2D eigenvalue weighted by Crippen LogP contribution is -2.56. The maximum atomic E-state index is 13.0. The van der Waals surface area contributed by atoms with E-state index in [4.69, 9.17) is 4.74 Å². The first-order valence-corrected chi connectivity index (χ1v) is 11.5. The number of aliphatic hydroxyl groups excluding tert-OH is 2. The highest BCUT2D eigenvalue weighted by atomic mass is 16.5. The van der Waals surface area contributed by atoms with E-state index in [1.807, 2.05) is 7.05 Å². The monoisotopic (exact) mass is 439 g/mol. The van der Waals surface area contributed by atoms with Gasteiger partial charge in [0.1, 0.15) is 12.7 Å². The molecule has 2 amide bonds. The van der Waals surface area contributed by atoms with Gasteiger partial charge in [0.2, 0.25) is 11.8 Å². The Kier molecular flexibility index (Phi) is 7.93. The molecule has 9 nitrogen and oxygen atoms in total. The van der Waals surface area contributed by atoms with Crippen molar-refractivity contribution < 1.29 is 29.3 Å². The minimum Gasteiger partial charge on any atom is -0.462 e. The van der Waals surface area contributed by atoms with E-state index in [2.05, 4.69) is 4.90 Å². The zero-order valence-corrected chi connectivity index (χ0v) is 18.8. The van der Waals surface area contributed by atoms with Crippen LogP contribution in [0.5, 0.6) is 0 Å². The number of cyclic esters (lactones) is 1. The van der Waals surface area contributed by atoms with Crippen molar-refractivity contribution in [2.24, 2.45) is 11.3 Å². The smallest absolute Gasteiger partial charge is 0.312 e. The molecule has 0 saturated carbocycles. The lowest BCUT2D eigenvalue weighted by Gasteiger charge is -2.40. The summed E-state index contributed by atoms with van der Waals surface area (Å²) in [6, 6.07) is 0. The van der Waals surface area contributed by atoms with Crippen molar-refractivity contribution >= 4 is 17.8 Å². The van der Waals surface area contributed by atoms with E-state index in [0.29, 0.717) is 45.4 Å². The minimum absolute atomic E-state index is 0.00427. The third kappa shape index (κ3) is 5.75. The molecule has 2 atom stereocenters. The summed E-state index contributed by atoms with van der Waals surface area (Å²) in [5, 5.41) is 20.6. The highest BCUT2D eigenvalue weighted by molar-refractivity contribution is 5.83. The summed E-state index contributed by atoms with van der Waals surface area (Å²) < 4.78 is 5.45. The number of likely N-dealkylation sites (tertiary alicyclic amines) is 2. The van der Waals surface area contributed by atoms with Gasteiger partial charge in [0.15, 0.2) is 0 Å². The van der Waals surface area contributed by atoms with Crippen molar-refractivity contribution in [3.63, 3.8) is 0 Å². The van der Waals surface area contributed by atoms with Crippen LogP contribution in [-0.2, 0) is 19.1 Å². The van der Waals surface area contributed by atoms with E-state index >= 15 is 0 Å². The number of hydrogen-bond donors (Lipinski definition) is 2. The average molecular weight is 440 g/mol. The van der Waals surface area contributed by atoms with Crippen LogP contribution in [0.15, 0.2) is 0 Å². The molecule has 176 valence electrons. The highest BCUT2D eigenvalue weighted by Crippen LogP contribution is 2.38. The number of rotatable bonds is 1. The number of piperidine rings is 1. The highest BCUT2D eigenvalue weighted by Gasteiger charge is 2.42. The van der Waals surface area contributed by atoms with Gasteiger partial charge in [-0.2, -0.15) is 0 Å². The van der Waals surface area contributed by atoms with Gasteiger partial charge >= 0.3 is 5.97 Å². The summed E-state index contributed by atoms with van der Waals surface area (Å²) in [6.45, 7) is 4.66. The van der Waals surface area contributed by atoms with Gasteiger partial charge in [-0.05, 0) is 52.2 Å². The molecule has 3 rings (SSSR count). The summed E-state index contributed by atoms with van der Waals surface area (Å²) in [5.74, 6) is -0.513. The van der Waals surface area contributed by atoms with Crippen LogP contribution in [0.2, 0.25) is 0 Å². The van der Waals surface area contributed by atoms with Gasteiger partial charge in [-0.1, -0.05) is 6.42 Å². The van der Waals surface area contributed by atoms with Crippen LogP contribution in [0.1, 0.15) is 45.4 Å². The van der Waals surface area contributed by atoms with E-state index in [0.717, 1.165) is 25.9 Å². The maximum Gasteiger partial charge on any atom is 0.312 e. The van der Waals surface area contributed by atoms with Gasteiger partial charge in [-0.25, -0.2) is 0 Å². The second kappa shape index (κ2) is 10.3. The molecule has 0 aromatic carbocycles. The molecule has 31 heavy (non-hydrogen) atoms. The standard InChI is InChI=1S/C22H37N3O6/c1-16(26)25-13-17(14-25)20(29)24-9-4-3-6-22(7-11-23(2)12-8-22)21(30)31-15-19(28)18(27)5-10-24/h17-19,27-28H,3-15H2,1-2H3/t18-,19+/m0/s1. The SMILES string of the molecule is CC(=O)N1CC(C(=O)N2CCCCC3(CCN(C)CC3)C(=O)OC[C@@H](O)[C@@H](O)CC2)C1. The Balaban J connectivity index is 1.66. The third-order valence-electron chi connectivity index (χ3n) is 7.22. The van der Waals surface area contributed by atoms with Crippen LogP contribution in [0.3, 0.4) is 0 Å². The largest absolute Gasteiger partial charge is 0.462 e. The second-order valence-electron chi connectivity index (χ2n) is 9.51. The summed E-state index contributed by atoms with van der Waals surface area (Å²) in [6.07, 6.45) is 1.65. The van der Waals surface area contributed by atoms with Crippen molar-refractivity contribution in [1.29, 1.82) is 0 Å². The quantitative estimate of drug-likeness (QED) is 0.547. The van der Waals surface area contributed by atoms with Crippen LogP contribution in [0, 0.1) is 11.3 Å². The predicted octanol–water partition coefficient (Wildman–Crippen LogP) is -0.156. The Morgan fingerprint density at radius 2 is 1.65 bits per heavy atom. The Morgan fingerprint density at radius 3 is 2.29 bits per heavy atom. The van der Waals surface area contributed by atoms with E-state index in [9.17, 15) is 24.6 Å². The molecule has 9 heteroatoms. The minimum atomic E-state index is -1.18. The van der Waals surface area contributed by atoms with Crippen LogP contribution in [0.25, 0.3) is 0 Å². The molecule has 2 N–H and O–H groups in total. The molecule has 3 aliphatic rings. The molecule has 3 fully saturated rings. The first kappa shape index (κ1) is 23.9. The molecule has 0 aromatic heterocycles. The third-order valence-corrected chi connectivity index (χ3v) is 7.22. The number of carbonyl (C=O) groups excluding carboxylic acids is 3. The van der Waals surface area contributed by atoms with Crippen molar-refractivity contribution in [2.45, 2.75) is 57.7 Å². The van der Waals surface area contributed by atoms with Crippen molar-refractivity contribution in [3.05, 3.63) is 0 Å². The summed E-state index contributed by atoms with van der Waals surface area (Å²) in [5.41, 5.74) is -0.559. The van der Waals surface area contributed by atoms with Gasteiger partial charge in [-0.3, -0.25) is 14.4 Å². The van der Waals surface area contributed by atoms with Crippen LogP contribution in [0.4, 0.5) is 0 Å². The second-order valence-corrected chi connectivity index (χ2v) is 9.51. The fourth-order valence-corrected chi connectivity index (χ4v) is 4.76. The zero-order valence-electron chi connectivity index (χ0n) is 18.8. The fraction of sp³-hybridized carbons (Fsp3) is 0.864. The lowest BCUT2D eigenvalue weighted by molar-refractivity contribution is -0.164. The Bertz CT molecular complexity index is 658. The molecular formula is C22H37N3O6. The molecule has 0 unspecified atom stereocenters. The summed E-state index contributed by atoms with van der Waals surface area (Å²) in [7, 11) is 2.04. The number of carbonyl (C=O) groups is 3. The van der Waals surface area contributed by atoms with Gasteiger partial charge in [-0.15, -0.1) is 0 Å². The number of esters is 1. The number of ether oxygens (including phenoxy) is 1. The van der Waals surface area contributed by atoms with Gasteiger partial charge < -0.3 is 29.6 Å². The number of hydrogen-bond acceptors (Lipinski definition) is 7. The Hall–Kier alpha value is -1.71. The molecule has 3 heterocycles. The summed E-state index contributed by atoms with van der Waals surface area (Å²) >= 11 is 0. The molecule has 3 aliphatic heterocycles. The van der Waals surface area contributed by atoms with E-state index in [1.165, 1.54) is 6.92 Å². The molecule has 0 radical (unpaired) electrons. The van der Waals surface area contributed by atoms with Crippen LogP contribution in [-0.4, -0.2) is 108 Å². The normalized spacial score (nSPS) is 29.4. The number of amides is 2. The van der Waals surface area contributed by atoms with E-state index < -0.39 is 17.6 Å². The molecule has 1 spiro atoms. The van der Waals surface area contributed by atoms with Gasteiger partial charge in [0.25, 0.3) is 0 Å². The zero-order chi connectivity index (χ0) is 22.6. The van der Waals surface area contributed by atoms with Crippen LogP contribution < -0.4 is 0 Å². The average Bonchev–Trinajstić information content (AvgIpc) is 2.71. The lowest BCUT2D eigenvalue weighted by atomic mass is 9.74. The first-order chi connectivity index (χ1) is 14.7. The van der Waals surface area contributed by atoms with Crippen molar-refractivity contribution in [1.82, 2.24) is 14.7 Å². The Morgan fingerprint density at radius 1 is 0.968 bits per heavy atom. The first-order valence-electron chi connectivity index (χ1n) is 11.5. The molecule has 0 bridgehead atoms. The van der Waals surface area contributed by atoms with E-state index in [-0.39, 0.29) is 36.7 Å². The predicted molar refractivity (Wildman–Crippen MR) is 113 cm³/mol. The number of aliphatic hydroxyl groups is 2. The summed E-state index contributed by atoms with van der Waals surface area (Å²) in [4.78, 5) is 42.9. The Labute approximate surface area is 184 Å². The maximum absolute atomic E-state index is 13.0.